The molecule has 5 nitrogen and oxygen atoms in total. The number of ether oxygens (including phenoxy) is 2. The summed E-state index contributed by atoms with van der Waals surface area (Å²) >= 11 is 0. The molecular weight excluding hydrogens is 244 g/mol. The Labute approximate surface area is 111 Å². The van der Waals surface area contributed by atoms with E-state index in [0.717, 1.165) is 5.56 Å². The third kappa shape index (κ3) is 2.76. The molecule has 1 aromatic heterocycles. The molecule has 1 heterocycles. The summed E-state index contributed by atoms with van der Waals surface area (Å²) < 4.78 is 10.4. The minimum absolute atomic E-state index is 0.156. The van der Waals surface area contributed by atoms with E-state index in [1.807, 2.05) is 13.0 Å². The zero-order valence-electron chi connectivity index (χ0n) is 11.2. The number of rotatable bonds is 4. The molecule has 0 radical (unpaired) electrons. The number of methoxy groups -OCH3 is 2. The van der Waals surface area contributed by atoms with E-state index in [-0.39, 0.29) is 5.56 Å². The minimum Gasteiger partial charge on any atom is -0.493 e. The molecule has 5 heteroatoms. The van der Waals surface area contributed by atoms with Gasteiger partial charge in [-0.2, -0.15) is 0 Å². The van der Waals surface area contributed by atoms with Crippen LogP contribution in [0.1, 0.15) is 12.7 Å². The van der Waals surface area contributed by atoms with Gasteiger partial charge in [0.2, 0.25) is 0 Å². The molecule has 0 fully saturated rings. The Morgan fingerprint density at radius 3 is 2.53 bits per heavy atom. The van der Waals surface area contributed by atoms with Crippen LogP contribution in [0.4, 0.5) is 0 Å². The van der Waals surface area contributed by atoms with Crippen molar-refractivity contribution in [1.29, 1.82) is 0 Å². The molecule has 2 aromatic rings. The Morgan fingerprint density at radius 1 is 1.16 bits per heavy atom. The molecule has 0 bridgehead atoms. The van der Waals surface area contributed by atoms with E-state index >= 15 is 0 Å². The average Bonchev–Trinajstić information content (AvgIpc) is 2.45. The normalized spacial score (nSPS) is 10.3. The van der Waals surface area contributed by atoms with Crippen molar-refractivity contribution in [3.05, 3.63) is 40.4 Å². The van der Waals surface area contributed by atoms with Crippen LogP contribution in [0.25, 0.3) is 11.3 Å². The lowest BCUT2D eigenvalue weighted by molar-refractivity contribution is 0.355. The maximum atomic E-state index is 11.6. The summed E-state index contributed by atoms with van der Waals surface area (Å²) in [5.74, 6) is 1.92. The molecule has 0 amide bonds. The molecule has 0 saturated heterocycles. The summed E-state index contributed by atoms with van der Waals surface area (Å²) in [6, 6.07) is 6.92. The molecular formula is C14H16N2O3. The van der Waals surface area contributed by atoms with Crippen molar-refractivity contribution in [1.82, 2.24) is 9.97 Å². The van der Waals surface area contributed by atoms with E-state index in [4.69, 9.17) is 9.47 Å². The van der Waals surface area contributed by atoms with Gasteiger partial charge >= 0.3 is 0 Å². The zero-order chi connectivity index (χ0) is 13.8. The first-order chi connectivity index (χ1) is 9.17. The molecule has 100 valence electrons. The second-order valence-corrected chi connectivity index (χ2v) is 4.00. The number of aromatic nitrogens is 2. The number of aryl methyl sites for hydroxylation is 1. The van der Waals surface area contributed by atoms with Gasteiger partial charge in [0.1, 0.15) is 5.82 Å². The van der Waals surface area contributed by atoms with Gasteiger partial charge in [-0.3, -0.25) is 4.79 Å². The molecule has 19 heavy (non-hydrogen) atoms. The van der Waals surface area contributed by atoms with Gasteiger partial charge in [-0.05, 0) is 18.2 Å². The van der Waals surface area contributed by atoms with Crippen molar-refractivity contribution in [3.63, 3.8) is 0 Å². The number of hydrogen-bond acceptors (Lipinski definition) is 4. The van der Waals surface area contributed by atoms with Crippen LogP contribution in [0, 0.1) is 0 Å². The van der Waals surface area contributed by atoms with Crippen LogP contribution in [0.3, 0.4) is 0 Å². The maximum Gasteiger partial charge on any atom is 0.251 e. The van der Waals surface area contributed by atoms with Crippen molar-refractivity contribution < 1.29 is 9.47 Å². The summed E-state index contributed by atoms with van der Waals surface area (Å²) in [7, 11) is 3.16. The van der Waals surface area contributed by atoms with E-state index in [1.165, 1.54) is 6.07 Å². The van der Waals surface area contributed by atoms with Crippen LogP contribution in [0.15, 0.2) is 29.1 Å². The van der Waals surface area contributed by atoms with Crippen LogP contribution in [-0.2, 0) is 6.42 Å². The lowest BCUT2D eigenvalue weighted by Gasteiger charge is -2.09. The van der Waals surface area contributed by atoms with Crippen LogP contribution >= 0.6 is 0 Å². The monoisotopic (exact) mass is 260 g/mol. The van der Waals surface area contributed by atoms with E-state index in [1.54, 1.807) is 26.4 Å². The SMILES string of the molecule is CCc1nc(-c2ccc(OC)c(OC)c2)cc(=O)[nH]1. The van der Waals surface area contributed by atoms with Crippen molar-refractivity contribution in [2.75, 3.05) is 14.2 Å². The van der Waals surface area contributed by atoms with E-state index in [2.05, 4.69) is 9.97 Å². The Kier molecular flexibility index (Phi) is 3.85. The van der Waals surface area contributed by atoms with Crippen molar-refractivity contribution in [2.24, 2.45) is 0 Å². The molecule has 0 aliphatic heterocycles. The highest BCUT2D eigenvalue weighted by Gasteiger charge is 2.08. The fourth-order valence-electron chi connectivity index (χ4n) is 1.82. The van der Waals surface area contributed by atoms with Gasteiger partial charge in [0.05, 0.1) is 19.9 Å². The molecule has 1 aromatic carbocycles. The largest absolute Gasteiger partial charge is 0.493 e. The van der Waals surface area contributed by atoms with Crippen LogP contribution < -0.4 is 15.0 Å². The number of H-pyrrole nitrogens is 1. The molecule has 0 spiro atoms. The van der Waals surface area contributed by atoms with Crippen LogP contribution in [0.5, 0.6) is 11.5 Å². The van der Waals surface area contributed by atoms with Gasteiger partial charge in [-0.15, -0.1) is 0 Å². The number of nitrogens with zero attached hydrogens (tertiary/aromatic N) is 1. The predicted octanol–water partition coefficient (Wildman–Crippen LogP) is 2.02. The molecule has 1 N–H and O–H groups in total. The third-order valence-corrected chi connectivity index (χ3v) is 2.80. The Bertz CT molecular complexity index is 635. The van der Waals surface area contributed by atoms with Gasteiger partial charge < -0.3 is 14.5 Å². The lowest BCUT2D eigenvalue weighted by atomic mass is 10.1. The average molecular weight is 260 g/mol. The van der Waals surface area contributed by atoms with Crippen molar-refractivity contribution in [2.45, 2.75) is 13.3 Å². The fraction of sp³-hybridized carbons (Fsp3) is 0.286. The van der Waals surface area contributed by atoms with Crippen molar-refractivity contribution >= 4 is 0 Å². The van der Waals surface area contributed by atoms with Gasteiger partial charge in [0.15, 0.2) is 11.5 Å². The molecule has 2 rings (SSSR count). The molecule has 0 aliphatic carbocycles. The zero-order valence-corrected chi connectivity index (χ0v) is 11.2. The first kappa shape index (κ1) is 13.1. The molecule has 0 atom stereocenters. The molecule has 0 aliphatic rings. The number of aromatic amines is 1. The smallest absolute Gasteiger partial charge is 0.251 e. The second-order valence-electron chi connectivity index (χ2n) is 4.00. The topological polar surface area (TPSA) is 64.2 Å². The molecule has 0 saturated carbocycles. The lowest BCUT2D eigenvalue weighted by Crippen LogP contribution is -2.10. The van der Waals surface area contributed by atoms with Crippen LogP contribution in [0.2, 0.25) is 0 Å². The highest BCUT2D eigenvalue weighted by Crippen LogP contribution is 2.31. The Hall–Kier alpha value is -2.30. The maximum absolute atomic E-state index is 11.6. The Morgan fingerprint density at radius 2 is 1.89 bits per heavy atom. The summed E-state index contributed by atoms with van der Waals surface area (Å²) in [4.78, 5) is 18.7. The van der Waals surface area contributed by atoms with Crippen LogP contribution in [-0.4, -0.2) is 24.2 Å². The summed E-state index contributed by atoms with van der Waals surface area (Å²) in [6.45, 7) is 1.94. The van der Waals surface area contributed by atoms with Crippen molar-refractivity contribution in [3.8, 4) is 22.8 Å². The standard InChI is InChI=1S/C14H16N2O3/c1-4-13-15-10(8-14(17)16-13)9-5-6-11(18-2)12(7-9)19-3/h5-8H,4H2,1-3H3,(H,15,16,17). The van der Waals surface area contributed by atoms with E-state index in [9.17, 15) is 4.79 Å². The minimum atomic E-state index is -0.156. The fourth-order valence-corrected chi connectivity index (χ4v) is 1.82. The predicted molar refractivity (Wildman–Crippen MR) is 72.8 cm³/mol. The van der Waals surface area contributed by atoms with E-state index in [0.29, 0.717) is 29.4 Å². The van der Waals surface area contributed by atoms with Gasteiger partial charge in [-0.1, -0.05) is 6.92 Å². The summed E-state index contributed by atoms with van der Waals surface area (Å²) in [5, 5.41) is 0. The second kappa shape index (κ2) is 5.56. The highest BCUT2D eigenvalue weighted by atomic mass is 16.5. The number of benzene rings is 1. The van der Waals surface area contributed by atoms with Gasteiger partial charge in [0, 0.05) is 18.1 Å². The Balaban J connectivity index is 2.52. The number of hydrogen-bond donors (Lipinski definition) is 1. The third-order valence-electron chi connectivity index (χ3n) is 2.80. The van der Waals surface area contributed by atoms with Gasteiger partial charge in [-0.25, -0.2) is 4.98 Å². The highest BCUT2D eigenvalue weighted by molar-refractivity contribution is 5.63. The molecule has 0 unspecified atom stereocenters. The first-order valence-electron chi connectivity index (χ1n) is 6.00. The van der Waals surface area contributed by atoms with E-state index < -0.39 is 0 Å². The first-order valence-corrected chi connectivity index (χ1v) is 6.00. The summed E-state index contributed by atoms with van der Waals surface area (Å²) in [6.07, 6.45) is 0.677. The quantitative estimate of drug-likeness (QED) is 0.913. The number of nitrogens with one attached hydrogen (secondary N) is 1. The van der Waals surface area contributed by atoms with Gasteiger partial charge in [0.25, 0.3) is 5.56 Å². The summed E-state index contributed by atoms with van der Waals surface area (Å²) in [5.41, 5.74) is 1.29.